The van der Waals surface area contributed by atoms with Crippen LogP contribution in [0, 0.1) is 24.0 Å². The second-order valence-electron chi connectivity index (χ2n) is 5.77. The third-order valence-corrected chi connectivity index (χ3v) is 4.09. The summed E-state index contributed by atoms with van der Waals surface area (Å²) in [4.78, 5) is 25.0. The van der Waals surface area contributed by atoms with E-state index in [2.05, 4.69) is 5.10 Å². The molecule has 1 heterocycles. The fourth-order valence-corrected chi connectivity index (χ4v) is 2.72. The fraction of sp³-hybridized carbons (Fsp3) is 0.412. The summed E-state index contributed by atoms with van der Waals surface area (Å²) >= 11 is 0. The van der Waals surface area contributed by atoms with Gasteiger partial charge in [0.1, 0.15) is 0 Å². The minimum Gasteiger partial charge on any atom is -0.312 e. The van der Waals surface area contributed by atoms with Gasteiger partial charge in [-0.15, -0.1) is 0 Å². The van der Waals surface area contributed by atoms with Crippen LogP contribution in [0.25, 0.3) is 0 Å². The lowest BCUT2D eigenvalue weighted by Gasteiger charge is -2.22. The molecule has 0 aliphatic heterocycles. The van der Waals surface area contributed by atoms with E-state index in [1.165, 1.54) is 12.1 Å². The molecule has 7 heteroatoms. The highest BCUT2D eigenvalue weighted by molar-refractivity contribution is 5.95. The highest BCUT2D eigenvalue weighted by Crippen LogP contribution is 2.23. The molecule has 2 rings (SSSR count). The van der Waals surface area contributed by atoms with Crippen molar-refractivity contribution in [3.8, 4) is 0 Å². The molecular formula is C17H22N4O3. The standard InChI is InChI=1S/C17H22N4O3/c1-5-9-20(14-7-6-8-15(10-14)21(23)24)17(22)11-16-12(2)18-19(4)13(16)3/h6-8,10H,5,9,11H2,1-4H3. The van der Waals surface area contributed by atoms with Gasteiger partial charge in [0.15, 0.2) is 0 Å². The van der Waals surface area contributed by atoms with E-state index >= 15 is 0 Å². The Kier molecular flexibility index (Phi) is 5.33. The number of carbonyl (C=O) groups excluding carboxylic acids is 1. The Bertz CT molecular complexity index is 767. The van der Waals surface area contributed by atoms with Crippen molar-refractivity contribution in [2.24, 2.45) is 7.05 Å². The number of anilines is 1. The van der Waals surface area contributed by atoms with Crippen molar-refractivity contribution < 1.29 is 9.72 Å². The van der Waals surface area contributed by atoms with Crippen molar-refractivity contribution in [1.82, 2.24) is 9.78 Å². The number of non-ortho nitro benzene ring substituents is 1. The lowest BCUT2D eigenvalue weighted by molar-refractivity contribution is -0.384. The summed E-state index contributed by atoms with van der Waals surface area (Å²) in [6, 6.07) is 6.19. The van der Waals surface area contributed by atoms with Crippen LogP contribution >= 0.6 is 0 Å². The highest BCUT2D eigenvalue weighted by Gasteiger charge is 2.21. The zero-order valence-electron chi connectivity index (χ0n) is 14.4. The summed E-state index contributed by atoms with van der Waals surface area (Å²) < 4.78 is 1.76. The van der Waals surface area contributed by atoms with E-state index in [-0.39, 0.29) is 18.0 Å². The maximum absolute atomic E-state index is 12.8. The van der Waals surface area contributed by atoms with Gasteiger partial charge in [0.2, 0.25) is 5.91 Å². The maximum Gasteiger partial charge on any atom is 0.271 e. The Hall–Kier alpha value is -2.70. The summed E-state index contributed by atoms with van der Waals surface area (Å²) in [5, 5.41) is 15.3. The molecule has 1 aromatic heterocycles. The number of carbonyl (C=O) groups is 1. The molecule has 1 amide bonds. The molecule has 0 aliphatic rings. The summed E-state index contributed by atoms with van der Waals surface area (Å²) in [6.07, 6.45) is 0.994. The van der Waals surface area contributed by atoms with Crippen LogP contribution in [0.5, 0.6) is 0 Å². The van der Waals surface area contributed by atoms with Gasteiger partial charge in [-0.3, -0.25) is 19.6 Å². The number of hydrogen-bond acceptors (Lipinski definition) is 4. The Balaban J connectivity index is 2.31. The van der Waals surface area contributed by atoms with Crippen molar-refractivity contribution >= 4 is 17.3 Å². The van der Waals surface area contributed by atoms with Crippen LogP contribution < -0.4 is 4.90 Å². The first kappa shape index (κ1) is 17.7. The fourth-order valence-electron chi connectivity index (χ4n) is 2.72. The van der Waals surface area contributed by atoms with E-state index in [1.807, 2.05) is 27.8 Å². The lowest BCUT2D eigenvalue weighted by Crippen LogP contribution is -2.33. The smallest absolute Gasteiger partial charge is 0.271 e. The zero-order chi connectivity index (χ0) is 17.9. The van der Waals surface area contributed by atoms with Crippen molar-refractivity contribution in [2.45, 2.75) is 33.6 Å². The maximum atomic E-state index is 12.8. The minimum atomic E-state index is -0.451. The molecule has 0 aliphatic carbocycles. The van der Waals surface area contributed by atoms with Crippen molar-refractivity contribution in [3.05, 3.63) is 51.3 Å². The molecule has 1 aromatic carbocycles. The average molecular weight is 330 g/mol. The van der Waals surface area contributed by atoms with E-state index in [0.717, 1.165) is 23.4 Å². The van der Waals surface area contributed by atoms with Gasteiger partial charge in [0.25, 0.3) is 5.69 Å². The van der Waals surface area contributed by atoms with Crippen LogP contribution in [0.15, 0.2) is 24.3 Å². The molecule has 0 fully saturated rings. The SMILES string of the molecule is CCCN(C(=O)Cc1c(C)nn(C)c1C)c1cccc([N+](=O)[O-])c1. The zero-order valence-corrected chi connectivity index (χ0v) is 14.4. The normalized spacial score (nSPS) is 10.7. The molecule has 0 atom stereocenters. The molecule has 0 bridgehead atoms. The molecule has 0 unspecified atom stereocenters. The molecule has 0 radical (unpaired) electrons. The van der Waals surface area contributed by atoms with E-state index < -0.39 is 4.92 Å². The van der Waals surface area contributed by atoms with E-state index in [1.54, 1.807) is 21.7 Å². The van der Waals surface area contributed by atoms with Crippen LogP contribution in [-0.4, -0.2) is 27.2 Å². The summed E-state index contributed by atoms with van der Waals surface area (Å²) in [6.45, 7) is 6.30. The van der Waals surface area contributed by atoms with Gasteiger partial charge in [-0.25, -0.2) is 0 Å². The topological polar surface area (TPSA) is 81.3 Å². The van der Waals surface area contributed by atoms with Gasteiger partial charge >= 0.3 is 0 Å². The third-order valence-electron chi connectivity index (χ3n) is 4.09. The van der Waals surface area contributed by atoms with Crippen LogP contribution in [0.3, 0.4) is 0 Å². The Morgan fingerprint density at radius 1 is 1.38 bits per heavy atom. The lowest BCUT2D eigenvalue weighted by atomic mass is 10.1. The van der Waals surface area contributed by atoms with Gasteiger partial charge < -0.3 is 4.90 Å². The molecular weight excluding hydrogens is 308 g/mol. The molecule has 2 aromatic rings. The highest BCUT2D eigenvalue weighted by atomic mass is 16.6. The number of benzene rings is 1. The quantitative estimate of drug-likeness (QED) is 0.602. The first-order chi connectivity index (χ1) is 11.3. The van der Waals surface area contributed by atoms with Gasteiger partial charge in [-0.2, -0.15) is 5.10 Å². The second kappa shape index (κ2) is 7.25. The molecule has 7 nitrogen and oxygen atoms in total. The third kappa shape index (κ3) is 3.61. The molecule has 0 spiro atoms. The van der Waals surface area contributed by atoms with Crippen LogP contribution in [0.2, 0.25) is 0 Å². The minimum absolute atomic E-state index is 0.0184. The average Bonchev–Trinajstić information content (AvgIpc) is 2.78. The van der Waals surface area contributed by atoms with E-state index in [9.17, 15) is 14.9 Å². The first-order valence-electron chi connectivity index (χ1n) is 7.89. The predicted octanol–water partition coefficient (Wildman–Crippen LogP) is 2.93. The van der Waals surface area contributed by atoms with Crippen molar-refractivity contribution in [3.63, 3.8) is 0 Å². The molecule has 0 saturated carbocycles. The largest absolute Gasteiger partial charge is 0.312 e. The van der Waals surface area contributed by atoms with Gasteiger partial charge in [-0.1, -0.05) is 13.0 Å². The number of nitro benzene ring substituents is 1. The Morgan fingerprint density at radius 2 is 2.08 bits per heavy atom. The summed E-state index contributed by atoms with van der Waals surface area (Å²) in [7, 11) is 1.85. The Morgan fingerprint density at radius 3 is 2.62 bits per heavy atom. The Labute approximate surface area is 141 Å². The number of aromatic nitrogens is 2. The molecule has 0 saturated heterocycles. The number of rotatable bonds is 6. The summed E-state index contributed by atoms with van der Waals surface area (Å²) in [5.74, 6) is -0.0865. The summed E-state index contributed by atoms with van der Waals surface area (Å²) in [5.41, 5.74) is 3.23. The van der Waals surface area contributed by atoms with Gasteiger partial charge in [0.05, 0.1) is 22.7 Å². The molecule has 0 N–H and O–H groups in total. The number of nitrogens with zero attached hydrogens (tertiary/aromatic N) is 4. The molecule has 128 valence electrons. The van der Waals surface area contributed by atoms with Crippen LogP contribution in [0.4, 0.5) is 11.4 Å². The number of amides is 1. The predicted molar refractivity (Wildman–Crippen MR) is 92.1 cm³/mol. The number of nitro groups is 1. The number of aryl methyl sites for hydroxylation is 2. The first-order valence-corrected chi connectivity index (χ1v) is 7.89. The monoisotopic (exact) mass is 330 g/mol. The van der Waals surface area contributed by atoms with Crippen LogP contribution in [0.1, 0.15) is 30.3 Å². The number of hydrogen-bond donors (Lipinski definition) is 0. The van der Waals surface area contributed by atoms with E-state index in [0.29, 0.717) is 12.2 Å². The van der Waals surface area contributed by atoms with Crippen molar-refractivity contribution in [1.29, 1.82) is 0 Å². The van der Waals surface area contributed by atoms with Gasteiger partial charge in [-0.05, 0) is 26.3 Å². The van der Waals surface area contributed by atoms with Crippen LogP contribution in [-0.2, 0) is 18.3 Å². The van der Waals surface area contributed by atoms with Crippen molar-refractivity contribution in [2.75, 3.05) is 11.4 Å². The second-order valence-corrected chi connectivity index (χ2v) is 5.77. The van der Waals surface area contributed by atoms with Gasteiger partial charge in [0, 0.05) is 37.0 Å². The van der Waals surface area contributed by atoms with E-state index in [4.69, 9.17) is 0 Å². The molecule has 24 heavy (non-hydrogen) atoms.